The quantitative estimate of drug-likeness (QED) is 0.834. The van der Waals surface area contributed by atoms with Crippen molar-refractivity contribution in [2.24, 2.45) is 0 Å². The van der Waals surface area contributed by atoms with E-state index in [1.165, 1.54) is 11.3 Å². The zero-order valence-corrected chi connectivity index (χ0v) is 9.28. The molecule has 0 aliphatic heterocycles. The largest absolute Gasteiger partial charge is 0.383 e. The molecule has 0 amide bonds. The zero-order chi connectivity index (χ0) is 10.8. The maximum absolute atomic E-state index is 5.76. The van der Waals surface area contributed by atoms with E-state index in [9.17, 15) is 0 Å². The van der Waals surface area contributed by atoms with Gasteiger partial charge in [0.05, 0.1) is 5.69 Å². The maximum atomic E-state index is 5.76. The van der Waals surface area contributed by atoms with Crippen LogP contribution in [0.1, 0.15) is 10.7 Å². The minimum absolute atomic E-state index is 0.456. The first-order chi connectivity index (χ1) is 7.20. The van der Waals surface area contributed by atoms with Crippen molar-refractivity contribution in [2.45, 2.75) is 13.5 Å². The van der Waals surface area contributed by atoms with Crippen molar-refractivity contribution in [3.8, 4) is 5.13 Å². The number of aromatic nitrogens is 4. The van der Waals surface area contributed by atoms with Gasteiger partial charge < -0.3 is 10.5 Å². The molecular formula is C8H11N5OS. The van der Waals surface area contributed by atoms with E-state index in [1.54, 1.807) is 17.9 Å². The molecule has 2 heterocycles. The fourth-order valence-corrected chi connectivity index (χ4v) is 1.97. The number of ether oxygens (including phenoxy) is 1. The normalized spacial score (nSPS) is 10.8. The van der Waals surface area contributed by atoms with Gasteiger partial charge in [0, 0.05) is 13.2 Å². The van der Waals surface area contributed by atoms with Crippen LogP contribution in [0.3, 0.4) is 0 Å². The number of hydrogen-bond donors (Lipinski definition) is 1. The van der Waals surface area contributed by atoms with Crippen LogP contribution in [0.5, 0.6) is 0 Å². The predicted octanol–water partition coefficient (Wildman–Crippen LogP) is 0.761. The highest BCUT2D eigenvalue weighted by molar-refractivity contribution is 7.13. The molecule has 0 fully saturated rings. The van der Waals surface area contributed by atoms with Crippen LogP contribution in [0.2, 0.25) is 0 Å². The Morgan fingerprint density at radius 2 is 2.33 bits per heavy atom. The molecule has 0 saturated carbocycles. The molecule has 2 rings (SSSR count). The van der Waals surface area contributed by atoms with Gasteiger partial charge in [-0.3, -0.25) is 0 Å². The van der Waals surface area contributed by atoms with Crippen molar-refractivity contribution in [1.82, 2.24) is 20.0 Å². The number of aryl methyl sites for hydroxylation is 1. The highest BCUT2D eigenvalue weighted by atomic mass is 32.1. The molecule has 0 aromatic carbocycles. The monoisotopic (exact) mass is 225 g/mol. The molecule has 7 heteroatoms. The molecule has 2 aromatic heterocycles. The Hall–Kier alpha value is -1.47. The lowest BCUT2D eigenvalue weighted by atomic mass is 10.5. The van der Waals surface area contributed by atoms with Crippen LogP contribution in [-0.2, 0) is 11.3 Å². The molecule has 6 nitrogen and oxygen atoms in total. The molecule has 2 aromatic rings. The third kappa shape index (κ3) is 1.97. The summed E-state index contributed by atoms with van der Waals surface area (Å²) in [6.45, 7) is 2.34. The average Bonchev–Trinajstić information content (AvgIpc) is 2.73. The summed E-state index contributed by atoms with van der Waals surface area (Å²) in [5.41, 5.74) is 6.62. The lowest BCUT2D eigenvalue weighted by Crippen LogP contribution is -2.00. The Labute approximate surface area is 90.7 Å². The summed E-state index contributed by atoms with van der Waals surface area (Å²) in [4.78, 5) is 0. The van der Waals surface area contributed by atoms with Gasteiger partial charge in [0.25, 0.3) is 0 Å². The van der Waals surface area contributed by atoms with E-state index in [1.807, 2.05) is 6.92 Å². The molecule has 0 aliphatic carbocycles. The van der Waals surface area contributed by atoms with E-state index >= 15 is 0 Å². The fourth-order valence-electron chi connectivity index (χ4n) is 1.18. The molecule has 0 saturated heterocycles. The Bertz CT molecular complexity index is 463. The van der Waals surface area contributed by atoms with E-state index in [2.05, 4.69) is 15.3 Å². The molecule has 0 radical (unpaired) electrons. The summed E-state index contributed by atoms with van der Waals surface area (Å²) >= 11 is 1.41. The van der Waals surface area contributed by atoms with Gasteiger partial charge in [-0.2, -0.15) is 9.78 Å². The fraction of sp³-hybridized carbons (Fsp3) is 0.375. The number of nitrogen functional groups attached to an aromatic ring is 1. The Morgan fingerprint density at radius 3 is 2.93 bits per heavy atom. The lowest BCUT2D eigenvalue weighted by molar-refractivity contribution is 0.184. The number of nitrogens with zero attached hydrogens (tertiary/aromatic N) is 4. The number of nitrogens with two attached hydrogens (primary N) is 1. The van der Waals surface area contributed by atoms with Gasteiger partial charge in [0.15, 0.2) is 0 Å². The average molecular weight is 225 g/mol. The third-order valence-corrected chi connectivity index (χ3v) is 2.64. The lowest BCUT2D eigenvalue weighted by Gasteiger charge is -1.95. The number of rotatable bonds is 3. The zero-order valence-electron chi connectivity index (χ0n) is 8.47. The predicted molar refractivity (Wildman–Crippen MR) is 56.9 cm³/mol. The van der Waals surface area contributed by atoms with E-state index in [0.29, 0.717) is 17.6 Å². The van der Waals surface area contributed by atoms with Crippen LogP contribution < -0.4 is 5.73 Å². The number of hydrogen-bond acceptors (Lipinski definition) is 6. The van der Waals surface area contributed by atoms with E-state index in [0.717, 1.165) is 10.7 Å². The van der Waals surface area contributed by atoms with Crippen LogP contribution in [0.4, 0.5) is 5.82 Å². The molecule has 0 bridgehead atoms. The number of methoxy groups -OCH3 is 1. The van der Waals surface area contributed by atoms with E-state index in [4.69, 9.17) is 10.5 Å². The SMILES string of the molecule is COCc1nnc(-n2nc(C)cc2N)s1. The van der Waals surface area contributed by atoms with Crippen LogP contribution in [0.25, 0.3) is 5.13 Å². The highest BCUT2D eigenvalue weighted by Crippen LogP contribution is 2.18. The smallest absolute Gasteiger partial charge is 0.234 e. The second-order valence-corrected chi connectivity index (χ2v) is 4.07. The van der Waals surface area contributed by atoms with Gasteiger partial charge in [0.2, 0.25) is 5.13 Å². The number of anilines is 1. The molecule has 2 N–H and O–H groups in total. The van der Waals surface area contributed by atoms with Crippen LogP contribution in [0.15, 0.2) is 6.07 Å². The van der Waals surface area contributed by atoms with Crippen LogP contribution >= 0.6 is 11.3 Å². The first-order valence-corrected chi connectivity index (χ1v) is 5.16. The standard InChI is InChI=1S/C8H11N5OS/c1-5-3-6(9)13(12-5)8-11-10-7(15-8)4-14-2/h3H,4,9H2,1-2H3. The van der Waals surface area contributed by atoms with E-state index < -0.39 is 0 Å². The summed E-state index contributed by atoms with van der Waals surface area (Å²) in [5, 5.41) is 13.6. The summed E-state index contributed by atoms with van der Waals surface area (Å²) in [6, 6.07) is 1.79. The van der Waals surface area contributed by atoms with Crippen molar-refractivity contribution in [3.05, 3.63) is 16.8 Å². The summed E-state index contributed by atoms with van der Waals surface area (Å²) < 4.78 is 6.54. The van der Waals surface area contributed by atoms with Gasteiger partial charge in [0.1, 0.15) is 17.4 Å². The van der Waals surface area contributed by atoms with E-state index in [-0.39, 0.29) is 0 Å². The third-order valence-electron chi connectivity index (χ3n) is 1.76. The Kier molecular flexibility index (Phi) is 2.65. The summed E-state index contributed by atoms with van der Waals surface area (Å²) in [7, 11) is 1.62. The van der Waals surface area contributed by atoms with Gasteiger partial charge in [-0.25, -0.2) is 0 Å². The molecule has 0 atom stereocenters. The first-order valence-electron chi connectivity index (χ1n) is 4.34. The van der Waals surface area contributed by atoms with Crippen molar-refractivity contribution in [3.63, 3.8) is 0 Å². The molecule has 0 aliphatic rings. The highest BCUT2D eigenvalue weighted by Gasteiger charge is 2.10. The van der Waals surface area contributed by atoms with Gasteiger partial charge in [-0.15, -0.1) is 10.2 Å². The van der Waals surface area contributed by atoms with Gasteiger partial charge in [-0.05, 0) is 6.92 Å². The molecule has 15 heavy (non-hydrogen) atoms. The molecule has 80 valence electrons. The first kappa shape index (κ1) is 10.1. The van der Waals surface area contributed by atoms with Gasteiger partial charge in [-0.1, -0.05) is 11.3 Å². The van der Waals surface area contributed by atoms with Crippen molar-refractivity contribution in [1.29, 1.82) is 0 Å². The maximum Gasteiger partial charge on any atom is 0.234 e. The Balaban J connectivity index is 2.32. The topological polar surface area (TPSA) is 78.9 Å². The second-order valence-electron chi connectivity index (χ2n) is 3.03. The molecule has 0 spiro atoms. The molecule has 0 unspecified atom stereocenters. The summed E-state index contributed by atoms with van der Waals surface area (Å²) in [6.07, 6.45) is 0. The van der Waals surface area contributed by atoms with Crippen molar-refractivity contribution < 1.29 is 4.74 Å². The minimum atomic E-state index is 0.456. The van der Waals surface area contributed by atoms with Gasteiger partial charge >= 0.3 is 0 Å². The summed E-state index contributed by atoms with van der Waals surface area (Å²) in [5.74, 6) is 0.563. The van der Waals surface area contributed by atoms with Crippen LogP contribution in [-0.4, -0.2) is 27.1 Å². The molecular weight excluding hydrogens is 214 g/mol. The minimum Gasteiger partial charge on any atom is -0.383 e. The van der Waals surface area contributed by atoms with Crippen molar-refractivity contribution in [2.75, 3.05) is 12.8 Å². The van der Waals surface area contributed by atoms with Crippen molar-refractivity contribution >= 4 is 17.2 Å². The Morgan fingerprint density at radius 1 is 1.53 bits per heavy atom. The van der Waals surface area contributed by atoms with Crippen LogP contribution in [0, 0.1) is 6.92 Å². The second kappa shape index (κ2) is 3.95.